The van der Waals surface area contributed by atoms with Gasteiger partial charge in [0.1, 0.15) is 5.82 Å². The number of aryl methyl sites for hydroxylation is 2. The van der Waals surface area contributed by atoms with Crippen LogP contribution >= 0.6 is 11.6 Å². The molecule has 3 heteroatoms. The molecule has 0 atom stereocenters. The monoisotopic (exact) mass is 238 g/mol. The molecule has 16 heavy (non-hydrogen) atoms. The highest BCUT2D eigenvalue weighted by atomic mass is 35.5. The standard InChI is InChI=1S/C13H19ClN2/c1-10-9-12(11-5-3-2-4-6-11)16-13(15-10)7-8-14/h9,11H,2-8H2,1H3. The number of hydrogen-bond acceptors (Lipinski definition) is 2. The van der Waals surface area contributed by atoms with Crippen LogP contribution in [-0.2, 0) is 6.42 Å². The third-order valence-electron chi connectivity index (χ3n) is 3.26. The predicted octanol–water partition coefficient (Wildman–Crippen LogP) is 3.61. The van der Waals surface area contributed by atoms with Crippen molar-refractivity contribution in [3.63, 3.8) is 0 Å². The van der Waals surface area contributed by atoms with Crippen molar-refractivity contribution in [3.8, 4) is 0 Å². The molecule has 0 radical (unpaired) electrons. The molecule has 88 valence electrons. The van der Waals surface area contributed by atoms with Gasteiger partial charge in [0.15, 0.2) is 0 Å². The maximum absolute atomic E-state index is 5.75. The number of alkyl halides is 1. The van der Waals surface area contributed by atoms with Crippen LogP contribution < -0.4 is 0 Å². The molecule has 0 amide bonds. The first-order valence-electron chi connectivity index (χ1n) is 6.20. The summed E-state index contributed by atoms with van der Waals surface area (Å²) in [4.78, 5) is 9.07. The summed E-state index contributed by atoms with van der Waals surface area (Å²) < 4.78 is 0. The van der Waals surface area contributed by atoms with Gasteiger partial charge in [0, 0.05) is 29.6 Å². The number of aromatic nitrogens is 2. The van der Waals surface area contributed by atoms with E-state index < -0.39 is 0 Å². The van der Waals surface area contributed by atoms with Crippen LogP contribution in [0.1, 0.15) is 55.2 Å². The van der Waals surface area contributed by atoms with Crippen LogP contribution in [0.5, 0.6) is 0 Å². The number of rotatable bonds is 3. The van der Waals surface area contributed by atoms with Gasteiger partial charge in [0.2, 0.25) is 0 Å². The summed E-state index contributed by atoms with van der Waals surface area (Å²) in [6, 6.07) is 2.15. The van der Waals surface area contributed by atoms with Crippen molar-refractivity contribution in [3.05, 3.63) is 23.3 Å². The van der Waals surface area contributed by atoms with Crippen molar-refractivity contribution in [1.82, 2.24) is 9.97 Å². The fraction of sp³-hybridized carbons (Fsp3) is 0.692. The van der Waals surface area contributed by atoms with Crippen LogP contribution in [0.15, 0.2) is 6.07 Å². The van der Waals surface area contributed by atoms with E-state index in [9.17, 15) is 0 Å². The highest BCUT2D eigenvalue weighted by Gasteiger charge is 2.17. The molecule has 1 aliphatic carbocycles. The number of hydrogen-bond donors (Lipinski definition) is 0. The molecule has 1 aromatic rings. The normalized spacial score (nSPS) is 17.6. The Morgan fingerprint density at radius 3 is 2.69 bits per heavy atom. The lowest BCUT2D eigenvalue weighted by atomic mass is 9.86. The molecule has 1 heterocycles. The Morgan fingerprint density at radius 2 is 2.00 bits per heavy atom. The lowest BCUT2D eigenvalue weighted by molar-refractivity contribution is 0.435. The Bertz CT molecular complexity index is 346. The minimum absolute atomic E-state index is 0.605. The Balaban J connectivity index is 2.18. The molecule has 1 saturated carbocycles. The summed E-state index contributed by atoms with van der Waals surface area (Å²) >= 11 is 5.75. The highest BCUT2D eigenvalue weighted by molar-refractivity contribution is 6.17. The second kappa shape index (κ2) is 5.62. The summed E-state index contributed by atoms with van der Waals surface area (Å²) in [5, 5.41) is 0. The minimum Gasteiger partial charge on any atom is -0.238 e. The van der Waals surface area contributed by atoms with E-state index >= 15 is 0 Å². The zero-order valence-corrected chi connectivity index (χ0v) is 10.6. The van der Waals surface area contributed by atoms with E-state index in [2.05, 4.69) is 16.0 Å². The molecule has 1 fully saturated rings. The topological polar surface area (TPSA) is 25.8 Å². The summed E-state index contributed by atoms with van der Waals surface area (Å²) in [7, 11) is 0. The molecule has 2 nitrogen and oxygen atoms in total. The van der Waals surface area contributed by atoms with Crippen molar-refractivity contribution in [2.24, 2.45) is 0 Å². The third kappa shape index (κ3) is 2.94. The molecule has 0 spiro atoms. The van der Waals surface area contributed by atoms with Crippen LogP contribution in [0.4, 0.5) is 0 Å². The summed E-state index contributed by atoms with van der Waals surface area (Å²) in [5.41, 5.74) is 2.32. The van der Waals surface area contributed by atoms with E-state index in [1.165, 1.54) is 37.8 Å². The van der Waals surface area contributed by atoms with E-state index in [1.54, 1.807) is 0 Å². The van der Waals surface area contributed by atoms with E-state index in [-0.39, 0.29) is 0 Å². The van der Waals surface area contributed by atoms with Gasteiger partial charge in [0.25, 0.3) is 0 Å². The van der Waals surface area contributed by atoms with Crippen LogP contribution in [0, 0.1) is 6.92 Å². The Labute approximate surface area is 102 Å². The maximum atomic E-state index is 5.75. The molecule has 1 aliphatic rings. The smallest absolute Gasteiger partial charge is 0.130 e. The van der Waals surface area contributed by atoms with Crippen molar-refractivity contribution in [1.29, 1.82) is 0 Å². The van der Waals surface area contributed by atoms with Crippen molar-refractivity contribution < 1.29 is 0 Å². The fourth-order valence-corrected chi connectivity index (χ4v) is 2.63. The average Bonchev–Trinajstić information content (AvgIpc) is 2.30. The molecule has 0 bridgehead atoms. The van der Waals surface area contributed by atoms with Gasteiger partial charge in [-0.15, -0.1) is 11.6 Å². The van der Waals surface area contributed by atoms with Gasteiger partial charge in [-0.2, -0.15) is 0 Å². The fourth-order valence-electron chi connectivity index (χ4n) is 2.46. The molecular formula is C13H19ClN2. The lowest BCUT2D eigenvalue weighted by Crippen LogP contribution is -2.10. The quantitative estimate of drug-likeness (QED) is 0.752. The highest BCUT2D eigenvalue weighted by Crippen LogP contribution is 2.31. The molecular weight excluding hydrogens is 220 g/mol. The van der Waals surface area contributed by atoms with Crippen LogP contribution in [0.3, 0.4) is 0 Å². The van der Waals surface area contributed by atoms with E-state index in [0.717, 1.165) is 17.9 Å². The third-order valence-corrected chi connectivity index (χ3v) is 3.45. The molecule has 0 saturated heterocycles. The molecule has 0 aliphatic heterocycles. The second-order valence-electron chi connectivity index (χ2n) is 4.62. The van der Waals surface area contributed by atoms with Gasteiger partial charge in [-0.1, -0.05) is 19.3 Å². The number of nitrogens with zero attached hydrogens (tertiary/aromatic N) is 2. The van der Waals surface area contributed by atoms with Gasteiger partial charge in [-0.3, -0.25) is 0 Å². The first-order valence-corrected chi connectivity index (χ1v) is 6.73. The first-order chi connectivity index (χ1) is 7.79. The van der Waals surface area contributed by atoms with Crippen LogP contribution in [0.2, 0.25) is 0 Å². The molecule has 0 N–H and O–H groups in total. The SMILES string of the molecule is Cc1cc(C2CCCCC2)nc(CCCl)n1. The van der Waals surface area contributed by atoms with Crippen molar-refractivity contribution in [2.45, 2.75) is 51.4 Å². The Morgan fingerprint density at radius 1 is 1.25 bits per heavy atom. The largest absolute Gasteiger partial charge is 0.238 e. The molecule has 2 rings (SSSR count). The zero-order chi connectivity index (χ0) is 11.4. The molecule has 0 unspecified atom stereocenters. The van der Waals surface area contributed by atoms with E-state index in [0.29, 0.717) is 11.8 Å². The van der Waals surface area contributed by atoms with Gasteiger partial charge in [-0.25, -0.2) is 9.97 Å². The van der Waals surface area contributed by atoms with Crippen molar-refractivity contribution in [2.75, 3.05) is 5.88 Å². The maximum Gasteiger partial charge on any atom is 0.130 e. The number of halogens is 1. The summed E-state index contributed by atoms with van der Waals surface area (Å²) in [6.45, 7) is 2.05. The predicted molar refractivity (Wildman–Crippen MR) is 67.0 cm³/mol. The van der Waals surface area contributed by atoms with Crippen LogP contribution in [-0.4, -0.2) is 15.8 Å². The first kappa shape index (κ1) is 11.8. The molecule has 1 aromatic heterocycles. The summed E-state index contributed by atoms with van der Waals surface area (Å²) in [6.07, 6.45) is 7.43. The van der Waals surface area contributed by atoms with Crippen molar-refractivity contribution >= 4 is 11.6 Å². The Hall–Kier alpha value is -0.630. The second-order valence-corrected chi connectivity index (χ2v) is 5.00. The van der Waals surface area contributed by atoms with E-state index in [4.69, 9.17) is 11.6 Å². The van der Waals surface area contributed by atoms with Crippen LogP contribution in [0.25, 0.3) is 0 Å². The van der Waals surface area contributed by atoms with Gasteiger partial charge in [-0.05, 0) is 25.8 Å². The summed E-state index contributed by atoms with van der Waals surface area (Å²) in [5.74, 6) is 2.17. The van der Waals surface area contributed by atoms with Gasteiger partial charge < -0.3 is 0 Å². The minimum atomic E-state index is 0.605. The van der Waals surface area contributed by atoms with E-state index in [1.807, 2.05) is 6.92 Å². The Kier molecular flexibility index (Phi) is 4.16. The zero-order valence-electron chi connectivity index (χ0n) is 9.88. The lowest BCUT2D eigenvalue weighted by Gasteiger charge is -2.21. The van der Waals surface area contributed by atoms with Gasteiger partial charge >= 0.3 is 0 Å². The van der Waals surface area contributed by atoms with Gasteiger partial charge in [0.05, 0.1) is 0 Å². The average molecular weight is 239 g/mol. The molecule has 0 aromatic carbocycles.